The Balaban J connectivity index is 1.58. The first-order valence-electron chi connectivity index (χ1n) is 9.69. The van der Waals surface area contributed by atoms with Crippen LogP contribution in [0, 0.1) is 6.92 Å². The topological polar surface area (TPSA) is 90.5 Å². The van der Waals surface area contributed by atoms with Crippen LogP contribution in [0.3, 0.4) is 0 Å². The molecule has 33 heavy (non-hydrogen) atoms. The highest BCUT2D eigenvalue weighted by atomic mass is 35.5. The Morgan fingerprint density at radius 1 is 0.970 bits per heavy atom. The zero-order chi connectivity index (χ0) is 23.1. The summed E-state index contributed by atoms with van der Waals surface area (Å²) in [5.74, 6) is 0.432. The summed E-state index contributed by atoms with van der Waals surface area (Å²) < 4.78 is 3.19. The number of benzene rings is 2. The van der Waals surface area contributed by atoms with Crippen LogP contribution in [0.25, 0.3) is 22.5 Å². The van der Waals surface area contributed by atoms with Gasteiger partial charge in [-0.1, -0.05) is 40.9 Å². The monoisotopic (exact) mass is 497 g/mol. The molecule has 0 unspecified atom stereocenters. The smallest absolute Gasteiger partial charge is 0.258 e. The maximum Gasteiger partial charge on any atom is 0.258 e. The number of halogens is 3. The average molecular weight is 499 g/mol. The summed E-state index contributed by atoms with van der Waals surface area (Å²) in [7, 11) is 0. The van der Waals surface area contributed by atoms with Crippen LogP contribution in [0.1, 0.15) is 16.1 Å². The Kier molecular flexibility index (Phi) is 5.49. The molecule has 0 bridgehead atoms. The van der Waals surface area contributed by atoms with E-state index in [0.29, 0.717) is 38.4 Å². The quantitative estimate of drug-likeness (QED) is 0.352. The fourth-order valence-corrected chi connectivity index (χ4v) is 3.96. The zero-order valence-corrected chi connectivity index (χ0v) is 19.3. The lowest BCUT2D eigenvalue weighted by atomic mass is 10.2. The normalized spacial score (nSPS) is 11.2. The molecule has 8 nitrogen and oxygen atoms in total. The minimum absolute atomic E-state index is 0.246. The van der Waals surface area contributed by atoms with Gasteiger partial charge in [0.1, 0.15) is 12.1 Å². The van der Waals surface area contributed by atoms with E-state index in [0.717, 1.165) is 5.69 Å². The van der Waals surface area contributed by atoms with Gasteiger partial charge < -0.3 is 5.32 Å². The first-order valence-corrected chi connectivity index (χ1v) is 10.8. The summed E-state index contributed by atoms with van der Waals surface area (Å²) in [4.78, 5) is 21.7. The third-order valence-corrected chi connectivity index (χ3v) is 5.64. The van der Waals surface area contributed by atoms with E-state index in [4.69, 9.17) is 34.8 Å². The van der Waals surface area contributed by atoms with E-state index < -0.39 is 5.91 Å². The molecule has 0 saturated heterocycles. The lowest BCUT2D eigenvalue weighted by Crippen LogP contribution is -2.16. The molecule has 5 rings (SSSR count). The van der Waals surface area contributed by atoms with Crippen molar-refractivity contribution in [2.75, 3.05) is 5.32 Å². The van der Waals surface area contributed by atoms with Crippen LogP contribution in [0.15, 0.2) is 61.1 Å². The molecule has 3 aromatic heterocycles. The van der Waals surface area contributed by atoms with Crippen molar-refractivity contribution in [3.8, 4) is 11.5 Å². The molecule has 0 atom stereocenters. The molecule has 1 amide bonds. The number of carbonyl (C=O) groups excluding carboxylic acids is 1. The molecule has 0 aliphatic carbocycles. The Hall–Kier alpha value is -3.46. The van der Waals surface area contributed by atoms with Crippen molar-refractivity contribution in [2.24, 2.45) is 0 Å². The molecule has 11 heteroatoms. The zero-order valence-electron chi connectivity index (χ0n) is 17.0. The van der Waals surface area contributed by atoms with E-state index in [1.165, 1.54) is 17.1 Å². The summed E-state index contributed by atoms with van der Waals surface area (Å²) >= 11 is 18.4. The van der Waals surface area contributed by atoms with Gasteiger partial charge in [-0.25, -0.2) is 14.6 Å². The van der Waals surface area contributed by atoms with Crippen LogP contribution in [0.4, 0.5) is 5.82 Å². The summed E-state index contributed by atoms with van der Waals surface area (Å²) in [6, 6.07) is 13.7. The van der Waals surface area contributed by atoms with E-state index in [-0.39, 0.29) is 10.6 Å². The number of anilines is 1. The predicted molar refractivity (Wildman–Crippen MR) is 128 cm³/mol. The van der Waals surface area contributed by atoms with E-state index in [1.54, 1.807) is 41.2 Å². The second-order valence-electron chi connectivity index (χ2n) is 7.13. The Labute approximate surface area is 202 Å². The highest BCUT2D eigenvalue weighted by molar-refractivity contribution is 6.36. The summed E-state index contributed by atoms with van der Waals surface area (Å²) in [6.45, 7) is 1.81. The lowest BCUT2D eigenvalue weighted by molar-refractivity contribution is 0.102. The number of fused-ring (bicyclic) bond motifs is 1. The van der Waals surface area contributed by atoms with E-state index >= 15 is 0 Å². The summed E-state index contributed by atoms with van der Waals surface area (Å²) in [5.41, 5.74) is 2.24. The molecule has 2 aromatic carbocycles. The Morgan fingerprint density at radius 2 is 1.79 bits per heavy atom. The highest BCUT2D eigenvalue weighted by Gasteiger charge is 2.19. The van der Waals surface area contributed by atoms with Gasteiger partial charge in [0.25, 0.3) is 5.91 Å². The highest BCUT2D eigenvalue weighted by Crippen LogP contribution is 2.26. The number of rotatable bonds is 4. The fraction of sp³-hybridized carbons (Fsp3) is 0.0455. The van der Waals surface area contributed by atoms with Gasteiger partial charge in [0, 0.05) is 16.1 Å². The van der Waals surface area contributed by atoms with Crippen LogP contribution in [0.2, 0.25) is 15.1 Å². The lowest BCUT2D eigenvalue weighted by Gasteiger charge is -2.10. The third-order valence-electron chi connectivity index (χ3n) is 4.84. The number of hydrogen-bond donors (Lipinski definition) is 1. The van der Waals surface area contributed by atoms with E-state index in [1.807, 2.05) is 19.1 Å². The van der Waals surface area contributed by atoms with E-state index in [9.17, 15) is 4.79 Å². The van der Waals surface area contributed by atoms with Crippen LogP contribution in [-0.4, -0.2) is 35.4 Å². The number of amides is 1. The average Bonchev–Trinajstić information content (AvgIpc) is 3.38. The minimum atomic E-state index is -0.427. The molecule has 0 saturated carbocycles. The fourth-order valence-electron chi connectivity index (χ4n) is 3.40. The van der Waals surface area contributed by atoms with Crippen LogP contribution in [-0.2, 0) is 0 Å². The van der Waals surface area contributed by atoms with Crippen molar-refractivity contribution in [3.63, 3.8) is 0 Å². The molecule has 0 aliphatic rings. The molecular formula is C22H14Cl3N7O. The van der Waals surface area contributed by atoms with Crippen molar-refractivity contribution in [1.29, 1.82) is 0 Å². The van der Waals surface area contributed by atoms with Crippen molar-refractivity contribution in [3.05, 3.63) is 87.4 Å². The van der Waals surface area contributed by atoms with Crippen LogP contribution in [0.5, 0.6) is 0 Å². The third kappa shape index (κ3) is 4.04. The van der Waals surface area contributed by atoms with Gasteiger partial charge in [-0.15, -0.1) is 0 Å². The summed E-state index contributed by atoms with van der Waals surface area (Å²) in [5, 5.41) is 13.7. The number of aryl methyl sites for hydroxylation is 1. The van der Waals surface area contributed by atoms with Gasteiger partial charge in [0.2, 0.25) is 0 Å². The van der Waals surface area contributed by atoms with Crippen molar-refractivity contribution in [1.82, 2.24) is 29.5 Å². The van der Waals surface area contributed by atoms with Gasteiger partial charge in [0.15, 0.2) is 11.5 Å². The molecular weight excluding hydrogens is 485 g/mol. The van der Waals surface area contributed by atoms with E-state index in [2.05, 4.69) is 25.5 Å². The Morgan fingerprint density at radius 3 is 2.61 bits per heavy atom. The van der Waals surface area contributed by atoms with Gasteiger partial charge in [0.05, 0.1) is 33.6 Å². The molecule has 3 heterocycles. The molecule has 5 aromatic rings. The number of nitrogens with one attached hydrogen (secondary N) is 1. The SMILES string of the molecule is Cc1cc(NC(=O)c2cc(Cl)ccc2Cl)n(-c2ncnc3c2cnn3-c2cccc(Cl)c2)n1. The number of hydrogen-bond acceptors (Lipinski definition) is 5. The van der Waals surface area contributed by atoms with Crippen molar-refractivity contribution in [2.45, 2.75) is 6.92 Å². The largest absolute Gasteiger partial charge is 0.306 e. The molecule has 1 N–H and O–H groups in total. The second kappa shape index (κ2) is 8.47. The molecule has 0 spiro atoms. The van der Waals surface area contributed by atoms with Crippen LogP contribution >= 0.6 is 34.8 Å². The van der Waals surface area contributed by atoms with Crippen molar-refractivity contribution >= 4 is 57.6 Å². The van der Waals surface area contributed by atoms with Gasteiger partial charge >= 0.3 is 0 Å². The molecule has 0 aliphatic heterocycles. The second-order valence-corrected chi connectivity index (χ2v) is 8.41. The molecule has 0 radical (unpaired) electrons. The molecule has 0 fully saturated rings. The van der Waals surface area contributed by atoms with Crippen LogP contribution < -0.4 is 5.32 Å². The maximum atomic E-state index is 12.9. The minimum Gasteiger partial charge on any atom is -0.306 e. The predicted octanol–water partition coefficient (Wildman–Crippen LogP) is 5.52. The maximum absolute atomic E-state index is 12.9. The Bertz CT molecular complexity index is 1530. The summed E-state index contributed by atoms with van der Waals surface area (Å²) in [6.07, 6.45) is 3.05. The first-order chi connectivity index (χ1) is 15.9. The van der Waals surface area contributed by atoms with Gasteiger partial charge in [-0.3, -0.25) is 4.79 Å². The van der Waals surface area contributed by atoms with Gasteiger partial charge in [-0.2, -0.15) is 14.9 Å². The number of aromatic nitrogens is 6. The number of carbonyl (C=O) groups is 1. The first kappa shape index (κ1) is 21.4. The molecule has 164 valence electrons. The number of nitrogens with zero attached hydrogens (tertiary/aromatic N) is 6. The standard InChI is InChI=1S/C22H14Cl3N7O/c1-12-7-19(29-22(33)16-9-14(24)5-6-18(16)25)32(30-12)21-17-10-28-31(20(17)26-11-27-21)15-4-2-3-13(23)8-15/h2-11H,1H3,(H,29,33). The van der Waals surface area contributed by atoms with Crippen molar-refractivity contribution < 1.29 is 4.79 Å². The van der Waals surface area contributed by atoms with Gasteiger partial charge in [-0.05, 0) is 43.3 Å².